The predicted molar refractivity (Wildman–Crippen MR) is 52.8 cm³/mol. The lowest BCUT2D eigenvalue weighted by atomic mass is 10.1. The van der Waals surface area contributed by atoms with Gasteiger partial charge in [-0.05, 0) is 16.5 Å². The van der Waals surface area contributed by atoms with Crippen molar-refractivity contribution in [2.24, 2.45) is 12.8 Å². The van der Waals surface area contributed by atoms with Gasteiger partial charge in [0.1, 0.15) is 0 Å². The van der Waals surface area contributed by atoms with Crippen LogP contribution in [0.3, 0.4) is 0 Å². The average Bonchev–Trinajstić information content (AvgIpc) is 2.64. The third-order valence-corrected chi connectivity index (χ3v) is 2.05. The van der Waals surface area contributed by atoms with Crippen molar-refractivity contribution in [2.75, 3.05) is 0 Å². The Hall–Kier alpha value is -2.24. The number of carbonyl (C=O) groups is 1. The average molecular weight is 203 g/mol. The third kappa shape index (κ3) is 1.56. The molecule has 0 fully saturated rings. The van der Waals surface area contributed by atoms with Crippen LogP contribution in [0.2, 0.25) is 0 Å². The van der Waals surface area contributed by atoms with Gasteiger partial charge in [0, 0.05) is 12.6 Å². The van der Waals surface area contributed by atoms with Crippen LogP contribution in [0.4, 0.5) is 0 Å². The van der Waals surface area contributed by atoms with Gasteiger partial charge in [-0.3, -0.25) is 4.79 Å². The second-order valence-corrected chi connectivity index (χ2v) is 3.04. The van der Waals surface area contributed by atoms with Crippen LogP contribution >= 0.6 is 0 Å². The summed E-state index contributed by atoms with van der Waals surface area (Å²) in [4.78, 5) is 11.2. The van der Waals surface area contributed by atoms with E-state index < -0.39 is 5.91 Å². The van der Waals surface area contributed by atoms with Gasteiger partial charge >= 0.3 is 0 Å². The van der Waals surface area contributed by atoms with Gasteiger partial charge in [-0.15, -0.1) is 5.10 Å². The Labute approximate surface area is 85.7 Å². The number of aromatic nitrogens is 4. The quantitative estimate of drug-likeness (QED) is 0.742. The zero-order valence-corrected chi connectivity index (χ0v) is 8.08. The molecule has 0 aliphatic heterocycles. The Bertz CT molecular complexity index is 505. The number of rotatable bonds is 2. The number of hydrogen-bond acceptors (Lipinski definition) is 4. The number of nitrogens with zero attached hydrogens (tertiary/aromatic N) is 4. The van der Waals surface area contributed by atoms with Crippen molar-refractivity contribution in [1.29, 1.82) is 0 Å². The number of primary amides is 1. The molecule has 2 rings (SSSR count). The van der Waals surface area contributed by atoms with Gasteiger partial charge in [0.15, 0.2) is 5.82 Å². The van der Waals surface area contributed by atoms with E-state index >= 15 is 0 Å². The summed E-state index contributed by atoms with van der Waals surface area (Å²) in [5.74, 6) is 0.0259. The minimum absolute atomic E-state index is 0.412. The third-order valence-electron chi connectivity index (χ3n) is 2.05. The zero-order valence-electron chi connectivity index (χ0n) is 8.08. The highest BCUT2D eigenvalue weighted by molar-refractivity contribution is 5.98. The molecular weight excluding hydrogens is 194 g/mol. The number of hydrogen-bond donors (Lipinski definition) is 1. The highest BCUT2D eigenvalue weighted by Crippen LogP contribution is 2.19. The van der Waals surface area contributed by atoms with E-state index in [9.17, 15) is 4.79 Å². The van der Waals surface area contributed by atoms with E-state index in [1.807, 2.05) is 0 Å². The van der Waals surface area contributed by atoms with Crippen molar-refractivity contribution in [1.82, 2.24) is 20.2 Å². The number of benzene rings is 1. The molecule has 1 aromatic heterocycles. The molecule has 1 heterocycles. The first-order valence-corrected chi connectivity index (χ1v) is 4.31. The monoisotopic (exact) mass is 203 g/mol. The molecule has 0 radical (unpaired) electrons. The summed E-state index contributed by atoms with van der Waals surface area (Å²) in [7, 11) is 1.70. The molecule has 0 unspecified atom stereocenters. The van der Waals surface area contributed by atoms with E-state index in [1.54, 1.807) is 31.3 Å². The molecule has 0 atom stereocenters. The first-order valence-electron chi connectivity index (χ1n) is 4.31. The van der Waals surface area contributed by atoms with Crippen molar-refractivity contribution < 1.29 is 4.79 Å². The van der Waals surface area contributed by atoms with Crippen molar-refractivity contribution >= 4 is 5.91 Å². The maximum absolute atomic E-state index is 11.2. The number of nitrogens with two attached hydrogens (primary N) is 1. The summed E-state index contributed by atoms with van der Waals surface area (Å²) in [6, 6.07) is 6.95. The summed E-state index contributed by atoms with van der Waals surface area (Å²) in [5, 5.41) is 11.0. The van der Waals surface area contributed by atoms with Gasteiger partial charge < -0.3 is 5.73 Å². The van der Waals surface area contributed by atoms with Crippen molar-refractivity contribution in [3.8, 4) is 11.4 Å². The molecule has 0 saturated carbocycles. The Morgan fingerprint density at radius 2 is 2.13 bits per heavy atom. The van der Waals surface area contributed by atoms with E-state index in [4.69, 9.17) is 5.73 Å². The molecule has 76 valence electrons. The van der Waals surface area contributed by atoms with Crippen molar-refractivity contribution in [2.45, 2.75) is 0 Å². The molecule has 15 heavy (non-hydrogen) atoms. The van der Waals surface area contributed by atoms with Crippen LogP contribution < -0.4 is 5.73 Å². The Morgan fingerprint density at radius 3 is 2.73 bits per heavy atom. The van der Waals surface area contributed by atoms with E-state index in [-0.39, 0.29) is 0 Å². The number of tetrazole rings is 1. The minimum atomic E-state index is -0.492. The Morgan fingerprint density at radius 1 is 1.40 bits per heavy atom. The molecule has 6 nitrogen and oxygen atoms in total. The van der Waals surface area contributed by atoms with Gasteiger partial charge in [-0.25, -0.2) is 4.68 Å². The summed E-state index contributed by atoms with van der Waals surface area (Å²) < 4.78 is 1.49. The van der Waals surface area contributed by atoms with Gasteiger partial charge in [-0.1, -0.05) is 18.2 Å². The summed E-state index contributed by atoms with van der Waals surface area (Å²) in [5.41, 5.74) is 6.30. The van der Waals surface area contributed by atoms with Crippen LogP contribution in [0.15, 0.2) is 24.3 Å². The molecule has 2 N–H and O–H groups in total. The summed E-state index contributed by atoms with van der Waals surface area (Å²) in [6.45, 7) is 0. The van der Waals surface area contributed by atoms with Crippen molar-refractivity contribution in [3.05, 3.63) is 29.8 Å². The lowest BCUT2D eigenvalue weighted by Gasteiger charge is -2.03. The van der Waals surface area contributed by atoms with E-state index in [1.165, 1.54) is 4.68 Å². The molecule has 1 aromatic carbocycles. The highest BCUT2D eigenvalue weighted by Gasteiger charge is 2.13. The molecule has 0 aliphatic rings. The molecule has 6 heteroatoms. The summed E-state index contributed by atoms with van der Waals surface area (Å²) >= 11 is 0. The normalized spacial score (nSPS) is 10.2. The second-order valence-electron chi connectivity index (χ2n) is 3.04. The summed E-state index contributed by atoms with van der Waals surface area (Å²) in [6.07, 6.45) is 0. The first-order chi connectivity index (χ1) is 7.20. The number of carbonyl (C=O) groups excluding carboxylic acids is 1. The lowest BCUT2D eigenvalue weighted by molar-refractivity contribution is 0.100. The van der Waals surface area contributed by atoms with Crippen LogP contribution in [0, 0.1) is 0 Å². The zero-order chi connectivity index (χ0) is 10.8. The van der Waals surface area contributed by atoms with E-state index in [2.05, 4.69) is 15.5 Å². The molecule has 0 aliphatic carbocycles. The van der Waals surface area contributed by atoms with Crippen LogP contribution in [0.25, 0.3) is 11.4 Å². The molecule has 2 aromatic rings. The second kappa shape index (κ2) is 3.49. The van der Waals surface area contributed by atoms with Gasteiger partial charge in [0.25, 0.3) is 0 Å². The largest absolute Gasteiger partial charge is 0.366 e. The van der Waals surface area contributed by atoms with E-state index in [0.717, 1.165) is 0 Å². The van der Waals surface area contributed by atoms with Crippen molar-refractivity contribution in [3.63, 3.8) is 0 Å². The first kappa shape index (κ1) is 9.32. The molecule has 1 amide bonds. The Balaban J connectivity index is 2.63. The predicted octanol–water partition coefficient (Wildman–Crippen LogP) is -0.0240. The number of aryl methyl sites for hydroxylation is 1. The standard InChI is InChI=1S/C9H9N5O/c1-14-9(11-12-13-14)7-5-3-2-4-6(7)8(10)15/h2-5H,1H3,(H2,10,15). The molecular formula is C9H9N5O. The maximum Gasteiger partial charge on any atom is 0.249 e. The van der Waals surface area contributed by atoms with E-state index in [0.29, 0.717) is 17.0 Å². The fraction of sp³-hybridized carbons (Fsp3) is 0.111. The van der Waals surface area contributed by atoms with Gasteiger partial charge in [0.05, 0.1) is 5.56 Å². The fourth-order valence-electron chi connectivity index (χ4n) is 1.35. The smallest absolute Gasteiger partial charge is 0.249 e. The highest BCUT2D eigenvalue weighted by atomic mass is 16.1. The fourth-order valence-corrected chi connectivity index (χ4v) is 1.35. The van der Waals surface area contributed by atoms with Crippen LogP contribution in [0.5, 0.6) is 0 Å². The molecule has 0 spiro atoms. The molecule has 0 bridgehead atoms. The lowest BCUT2D eigenvalue weighted by Crippen LogP contribution is -2.13. The van der Waals surface area contributed by atoms with Crippen LogP contribution in [0.1, 0.15) is 10.4 Å². The van der Waals surface area contributed by atoms with Crippen LogP contribution in [-0.4, -0.2) is 26.1 Å². The SMILES string of the molecule is Cn1nnnc1-c1ccccc1C(N)=O. The minimum Gasteiger partial charge on any atom is -0.366 e. The van der Waals surface area contributed by atoms with Gasteiger partial charge in [0.2, 0.25) is 5.91 Å². The van der Waals surface area contributed by atoms with Crippen LogP contribution in [-0.2, 0) is 7.05 Å². The number of amides is 1. The topological polar surface area (TPSA) is 86.7 Å². The maximum atomic E-state index is 11.2. The van der Waals surface area contributed by atoms with Gasteiger partial charge in [-0.2, -0.15) is 0 Å². The Kier molecular flexibility index (Phi) is 2.17. The molecule has 0 saturated heterocycles.